The maximum Gasteiger partial charge on any atom is 0.175 e. The Morgan fingerprint density at radius 1 is 1.46 bits per heavy atom. The van der Waals surface area contributed by atoms with E-state index in [-0.39, 0.29) is 4.90 Å². The third-order valence-corrected chi connectivity index (χ3v) is 2.59. The number of rotatable bonds is 3. The van der Waals surface area contributed by atoms with Gasteiger partial charge < -0.3 is 4.74 Å². The molecule has 71 valence electrons. The molecule has 0 aliphatic heterocycles. The zero-order valence-electron chi connectivity index (χ0n) is 7.57. The summed E-state index contributed by atoms with van der Waals surface area (Å²) in [5, 5.41) is 0. The third-order valence-electron chi connectivity index (χ3n) is 1.48. The van der Waals surface area contributed by atoms with Crippen LogP contribution in [0.3, 0.4) is 0 Å². The van der Waals surface area contributed by atoms with Gasteiger partial charge in [-0.25, -0.2) is 8.42 Å². The van der Waals surface area contributed by atoms with Crippen LogP contribution in [0.15, 0.2) is 23.1 Å². The maximum absolute atomic E-state index is 11.0. The van der Waals surface area contributed by atoms with Crippen molar-refractivity contribution < 1.29 is 13.2 Å². The minimum atomic E-state index is -3.12. The van der Waals surface area contributed by atoms with Crippen LogP contribution in [-0.2, 0) is 9.84 Å². The van der Waals surface area contributed by atoms with E-state index in [1.54, 1.807) is 6.07 Å². The highest BCUT2D eigenvalue weighted by atomic mass is 32.2. The Labute approximate surface area is 78.3 Å². The van der Waals surface area contributed by atoms with Gasteiger partial charge in [0.05, 0.1) is 11.5 Å². The molecule has 4 heteroatoms. The first-order chi connectivity index (χ1) is 6.04. The second kappa shape index (κ2) is 3.79. The molecule has 0 aliphatic carbocycles. The molecule has 0 N–H and O–H groups in total. The Morgan fingerprint density at radius 2 is 2.15 bits per heavy atom. The minimum absolute atomic E-state index is 0.260. The number of benzene rings is 1. The SMILES string of the molecule is CCOc1[c]cc(S(C)(=O)=O)cc1. The summed E-state index contributed by atoms with van der Waals surface area (Å²) in [5.41, 5.74) is 0. The molecule has 0 spiro atoms. The van der Waals surface area contributed by atoms with Gasteiger partial charge in [0.1, 0.15) is 5.75 Å². The van der Waals surface area contributed by atoms with Gasteiger partial charge in [-0.05, 0) is 25.1 Å². The van der Waals surface area contributed by atoms with E-state index in [0.717, 1.165) is 6.26 Å². The summed E-state index contributed by atoms with van der Waals surface area (Å²) in [5.74, 6) is 0.565. The number of ether oxygens (including phenoxy) is 1. The van der Waals surface area contributed by atoms with Crippen molar-refractivity contribution in [1.82, 2.24) is 0 Å². The Bertz CT molecular complexity index is 364. The fourth-order valence-corrected chi connectivity index (χ4v) is 1.46. The zero-order valence-corrected chi connectivity index (χ0v) is 8.39. The lowest BCUT2D eigenvalue weighted by Crippen LogP contribution is -1.97. The molecule has 0 amide bonds. The summed E-state index contributed by atoms with van der Waals surface area (Å²) < 4.78 is 27.2. The molecule has 0 heterocycles. The molecule has 1 aromatic carbocycles. The Morgan fingerprint density at radius 3 is 2.54 bits per heavy atom. The lowest BCUT2D eigenvalue weighted by molar-refractivity contribution is 0.339. The predicted molar refractivity (Wildman–Crippen MR) is 49.6 cm³/mol. The van der Waals surface area contributed by atoms with E-state index >= 15 is 0 Å². The highest BCUT2D eigenvalue weighted by Gasteiger charge is 2.05. The standard InChI is InChI=1S/C9H11O3S/c1-3-12-8-4-6-9(7-5-8)13(2,10)11/h4,6-7H,3H2,1-2H3. The van der Waals surface area contributed by atoms with Crippen LogP contribution in [0.2, 0.25) is 0 Å². The fourth-order valence-electron chi connectivity index (χ4n) is 0.872. The van der Waals surface area contributed by atoms with Gasteiger partial charge in [-0.3, -0.25) is 0 Å². The molecule has 1 aromatic rings. The van der Waals surface area contributed by atoms with Crippen LogP contribution in [0.25, 0.3) is 0 Å². The summed E-state index contributed by atoms with van der Waals surface area (Å²) in [7, 11) is -3.12. The summed E-state index contributed by atoms with van der Waals surface area (Å²) in [6, 6.07) is 7.27. The molecule has 1 rings (SSSR count). The number of hydrogen-bond donors (Lipinski definition) is 0. The molecule has 0 aromatic heterocycles. The largest absolute Gasteiger partial charge is 0.493 e. The molecule has 0 fully saturated rings. The van der Waals surface area contributed by atoms with E-state index in [0.29, 0.717) is 12.4 Å². The van der Waals surface area contributed by atoms with E-state index in [1.807, 2.05) is 6.92 Å². The van der Waals surface area contributed by atoms with Crippen molar-refractivity contribution >= 4 is 9.84 Å². The van der Waals surface area contributed by atoms with Gasteiger partial charge >= 0.3 is 0 Å². The molecule has 0 bridgehead atoms. The first-order valence-corrected chi connectivity index (χ1v) is 5.78. The van der Waals surface area contributed by atoms with Crippen LogP contribution >= 0.6 is 0 Å². The molecular weight excluding hydrogens is 188 g/mol. The number of hydrogen-bond acceptors (Lipinski definition) is 3. The van der Waals surface area contributed by atoms with Gasteiger partial charge in [0, 0.05) is 12.3 Å². The van der Waals surface area contributed by atoms with Crippen LogP contribution in [0.4, 0.5) is 0 Å². The van der Waals surface area contributed by atoms with Crippen LogP contribution in [0.5, 0.6) is 5.75 Å². The fraction of sp³-hybridized carbons (Fsp3) is 0.333. The van der Waals surface area contributed by atoms with Crippen molar-refractivity contribution in [2.75, 3.05) is 12.9 Å². The number of sulfone groups is 1. The van der Waals surface area contributed by atoms with Crippen molar-refractivity contribution in [1.29, 1.82) is 0 Å². The van der Waals surface area contributed by atoms with Crippen LogP contribution < -0.4 is 4.74 Å². The van der Waals surface area contributed by atoms with E-state index in [2.05, 4.69) is 6.07 Å². The van der Waals surface area contributed by atoms with Gasteiger partial charge in [0.25, 0.3) is 0 Å². The lowest BCUT2D eigenvalue weighted by Gasteiger charge is -2.02. The topological polar surface area (TPSA) is 43.4 Å². The molecule has 0 aliphatic rings. The average molecular weight is 199 g/mol. The second-order valence-electron chi connectivity index (χ2n) is 2.59. The third kappa shape index (κ3) is 2.73. The van der Waals surface area contributed by atoms with Crippen molar-refractivity contribution in [3.05, 3.63) is 24.3 Å². The highest BCUT2D eigenvalue weighted by molar-refractivity contribution is 7.90. The lowest BCUT2D eigenvalue weighted by atomic mass is 10.3. The van der Waals surface area contributed by atoms with Gasteiger partial charge in [-0.15, -0.1) is 0 Å². The Kier molecular flexibility index (Phi) is 2.93. The van der Waals surface area contributed by atoms with Crippen molar-refractivity contribution in [2.24, 2.45) is 0 Å². The summed E-state index contributed by atoms with van der Waals surface area (Å²) in [4.78, 5) is 0.260. The summed E-state index contributed by atoms with van der Waals surface area (Å²) in [6.45, 7) is 2.41. The normalized spacial score (nSPS) is 11.2. The molecule has 3 nitrogen and oxygen atoms in total. The molecule has 1 radical (unpaired) electrons. The molecule has 0 unspecified atom stereocenters. The van der Waals surface area contributed by atoms with E-state index in [1.165, 1.54) is 12.1 Å². The predicted octanol–water partition coefficient (Wildman–Crippen LogP) is 1.29. The van der Waals surface area contributed by atoms with Crippen molar-refractivity contribution in [3.8, 4) is 5.75 Å². The van der Waals surface area contributed by atoms with Crippen molar-refractivity contribution in [2.45, 2.75) is 11.8 Å². The zero-order chi connectivity index (χ0) is 9.90. The van der Waals surface area contributed by atoms with Gasteiger partial charge in [-0.2, -0.15) is 0 Å². The quantitative estimate of drug-likeness (QED) is 0.736. The Balaban J connectivity index is 2.94. The van der Waals surface area contributed by atoms with Crippen LogP contribution in [0.1, 0.15) is 6.92 Å². The van der Waals surface area contributed by atoms with E-state index < -0.39 is 9.84 Å². The van der Waals surface area contributed by atoms with Gasteiger partial charge in [-0.1, -0.05) is 0 Å². The van der Waals surface area contributed by atoms with Crippen LogP contribution in [-0.4, -0.2) is 21.3 Å². The average Bonchev–Trinajstić information content (AvgIpc) is 2.04. The van der Waals surface area contributed by atoms with Crippen LogP contribution in [0, 0.1) is 6.07 Å². The first-order valence-electron chi connectivity index (χ1n) is 3.88. The molecule has 0 atom stereocenters. The van der Waals surface area contributed by atoms with E-state index in [9.17, 15) is 8.42 Å². The molecule has 0 saturated heterocycles. The minimum Gasteiger partial charge on any atom is -0.493 e. The highest BCUT2D eigenvalue weighted by Crippen LogP contribution is 2.14. The smallest absolute Gasteiger partial charge is 0.175 e. The Hall–Kier alpha value is -1.03. The van der Waals surface area contributed by atoms with Gasteiger partial charge in [0.2, 0.25) is 0 Å². The summed E-state index contributed by atoms with van der Waals surface area (Å²) >= 11 is 0. The van der Waals surface area contributed by atoms with Gasteiger partial charge in [0.15, 0.2) is 9.84 Å². The molecule has 13 heavy (non-hydrogen) atoms. The molecule has 0 saturated carbocycles. The second-order valence-corrected chi connectivity index (χ2v) is 4.61. The van der Waals surface area contributed by atoms with E-state index in [4.69, 9.17) is 4.74 Å². The molecular formula is C9H11O3S. The van der Waals surface area contributed by atoms with Crippen molar-refractivity contribution in [3.63, 3.8) is 0 Å². The summed E-state index contributed by atoms with van der Waals surface area (Å²) in [6.07, 6.45) is 1.16. The first kappa shape index (κ1) is 10.1. The maximum atomic E-state index is 11.0. The monoisotopic (exact) mass is 199 g/mol.